The first kappa shape index (κ1) is 13.8. The summed E-state index contributed by atoms with van der Waals surface area (Å²) < 4.78 is 76.7. The normalized spacial score (nSPS) is 16.6. The standard InChI is InChI=1S/C9H7F6NO/c10-7(11,6-4-2-1-3-5-6)8(12,17-16)9(13,14)15/h1-5H,16H2. The Labute approximate surface area is 91.9 Å². The molecular formula is C9H7F6NO. The zero-order valence-electron chi connectivity index (χ0n) is 8.14. The number of hydrogen-bond donors (Lipinski definition) is 1. The maximum absolute atomic E-state index is 13.4. The molecule has 0 radical (unpaired) electrons. The van der Waals surface area contributed by atoms with Crippen molar-refractivity contribution in [3.05, 3.63) is 35.9 Å². The third kappa shape index (κ3) is 2.09. The second kappa shape index (κ2) is 4.19. The summed E-state index contributed by atoms with van der Waals surface area (Å²) in [5.41, 5.74) is -1.19. The van der Waals surface area contributed by atoms with Gasteiger partial charge in [0.25, 0.3) is 0 Å². The van der Waals surface area contributed by atoms with Crippen molar-refractivity contribution in [3.8, 4) is 0 Å². The van der Waals surface area contributed by atoms with E-state index in [2.05, 4.69) is 10.7 Å². The van der Waals surface area contributed by atoms with E-state index in [-0.39, 0.29) is 0 Å². The Morgan fingerprint density at radius 1 is 0.882 bits per heavy atom. The average molecular weight is 259 g/mol. The van der Waals surface area contributed by atoms with Crippen LogP contribution in [0.3, 0.4) is 0 Å². The van der Waals surface area contributed by atoms with E-state index in [0.717, 1.165) is 12.1 Å². The molecule has 0 amide bonds. The number of alkyl halides is 6. The van der Waals surface area contributed by atoms with E-state index >= 15 is 0 Å². The molecule has 17 heavy (non-hydrogen) atoms. The van der Waals surface area contributed by atoms with Crippen molar-refractivity contribution in [2.24, 2.45) is 5.90 Å². The summed E-state index contributed by atoms with van der Waals surface area (Å²) in [6, 6.07) is 4.64. The van der Waals surface area contributed by atoms with Crippen molar-refractivity contribution in [1.29, 1.82) is 0 Å². The van der Waals surface area contributed by atoms with Gasteiger partial charge in [-0.25, -0.2) is 10.7 Å². The Hall–Kier alpha value is -1.28. The predicted octanol–water partition coefficient (Wildman–Crippen LogP) is 2.90. The lowest BCUT2D eigenvalue weighted by Gasteiger charge is -2.32. The lowest BCUT2D eigenvalue weighted by molar-refractivity contribution is -0.407. The summed E-state index contributed by atoms with van der Waals surface area (Å²) in [6.07, 6.45) is -5.97. The molecule has 1 unspecified atom stereocenters. The Morgan fingerprint density at radius 2 is 1.35 bits per heavy atom. The molecule has 0 spiro atoms. The summed E-state index contributed by atoms with van der Waals surface area (Å²) in [5, 5.41) is 0. The van der Waals surface area contributed by atoms with Gasteiger partial charge in [-0.1, -0.05) is 30.3 Å². The van der Waals surface area contributed by atoms with Gasteiger partial charge in [0.15, 0.2) is 0 Å². The lowest BCUT2D eigenvalue weighted by atomic mass is 10.0. The highest BCUT2D eigenvalue weighted by Crippen LogP contribution is 2.50. The van der Waals surface area contributed by atoms with Gasteiger partial charge in [0.1, 0.15) is 0 Å². The minimum absolute atomic E-state index is 0.638. The highest BCUT2D eigenvalue weighted by atomic mass is 19.4. The van der Waals surface area contributed by atoms with Crippen molar-refractivity contribution in [2.45, 2.75) is 18.0 Å². The molecule has 0 fully saturated rings. The Balaban J connectivity index is 3.29. The van der Waals surface area contributed by atoms with E-state index in [9.17, 15) is 26.3 Å². The van der Waals surface area contributed by atoms with Gasteiger partial charge in [0, 0.05) is 5.56 Å². The Bertz CT molecular complexity index is 379. The summed E-state index contributed by atoms with van der Waals surface area (Å²) >= 11 is 0. The smallest absolute Gasteiger partial charge is 0.249 e. The second-order valence-corrected chi connectivity index (χ2v) is 3.15. The molecule has 0 aliphatic heterocycles. The number of nitrogens with two attached hydrogens (primary N) is 1. The molecule has 0 aliphatic rings. The van der Waals surface area contributed by atoms with Crippen LogP contribution in [-0.4, -0.2) is 12.0 Å². The van der Waals surface area contributed by atoms with Gasteiger partial charge in [-0.15, -0.1) is 0 Å². The first-order valence-corrected chi connectivity index (χ1v) is 4.23. The van der Waals surface area contributed by atoms with Gasteiger partial charge >= 0.3 is 18.0 Å². The van der Waals surface area contributed by atoms with Gasteiger partial charge in [-0.2, -0.15) is 26.3 Å². The predicted molar refractivity (Wildman–Crippen MR) is 45.5 cm³/mol. The third-order valence-corrected chi connectivity index (χ3v) is 2.07. The maximum Gasteiger partial charge on any atom is 0.456 e. The number of halogens is 6. The average Bonchev–Trinajstić information content (AvgIpc) is 2.27. The molecule has 1 rings (SSSR count). The fourth-order valence-electron chi connectivity index (χ4n) is 1.15. The molecule has 0 saturated heterocycles. The van der Waals surface area contributed by atoms with Gasteiger partial charge in [0.05, 0.1) is 0 Å². The van der Waals surface area contributed by atoms with E-state index in [4.69, 9.17) is 0 Å². The number of benzene rings is 1. The summed E-state index contributed by atoms with van der Waals surface area (Å²) in [6.45, 7) is 0. The van der Waals surface area contributed by atoms with Gasteiger partial charge in [-0.05, 0) is 0 Å². The largest absolute Gasteiger partial charge is 0.456 e. The molecule has 0 heterocycles. The molecule has 1 aromatic rings. The van der Waals surface area contributed by atoms with E-state index in [1.807, 2.05) is 0 Å². The maximum atomic E-state index is 13.4. The highest BCUT2D eigenvalue weighted by Gasteiger charge is 2.73. The molecule has 8 heteroatoms. The van der Waals surface area contributed by atoms with E-state index in [1.165, 1.54) is 6.07 Å². The Kier molecular flexibility index (Phi) is 3.40. The molecule has 1 atom stereocenters. The minimum Gasteiger partial charge on any atom is -0.249 e. The molecule has 1 aromatic carbocycles. The van der Waals surface area contributed by atoms with Gasteiger partial charge in [0.2, 0.25) is 0 Å². The summed E-state index contributed by atoms with van der Waals surface area (Å²) in [5.74, 6) is -6.19. The van der Waals surface area contributed by atoms with Crippen LogP contribution in [0.2, 0.25) is 0 Å². The zero-order valence-corrected chi connectivity index (χ0v) is 8.14. The van der Waals surface area contributed by atoms with E-state index in [0.29, 0.717) is 12.1 Å². The first-order chi connectivity index (χ1) is 7.67. The molecular weight excluding hydrogens is 252 g/mol. The third-order valence-electron chi connectivity index (χ3n) is 2.07. The molecule has 0 bridgehead atoms. The van der Waals surface area contributed by atoms with Crippen molar-refractivity contribution >= 4 is 0 Å². The molecule has 96 valence electrons. The van der Waals surface area contributed by atoms with E-state index < -0.39 is 23.5 Å². The van der Waals surface area contributed by atoms with Crippen LogP contribution in [0.25, 0.3) is 0 Å². The quantitative estimate of drug-likeness (QED) is 0.669. The van der Waals surface area contributed by atoms with Crippen LogP contribution in [0.5, 0.6) is 0 Å². The molecule has 2 nitrogen and oxygen atoms in total. The van der Waals surface area contributed by atoms with Crippen molar-refractivity contribution in [3.63, 3.8) is 0 Å². The molecule has 0 aliphatic carbocycles. The van der Waals surface area contributed by atoms with Crippen LogP contribution < -0.4 is 5.90 Å². The van der Waals surface area contributed by atoms with Gasteiger partial charge < -0.3 is 0 Å². The van der Waals surface area contributed by atoms with Crippen LogP contribution in [0.4, 0.5) is 26.3 Å². The van der Waals surface area contributed by atoms with Crippen molar-refractivity contribution in [2.75, 3.05) is 0 Å². The number of rotatable bonds is 3. The summed E-state index contributed by atoms with van der Waals surface area (Å²) in [7, 11) is 0. The molecule has 0 saturated carbocycles. The fourth-order valence-corrected chi connectivity index (χ4v) is 1.15. The summed E-state index contributed by atoms with van der Waals surface area (Å²) in [4.78, 5) is 2.88. The van der Waals surface area contributed by atoms with Crippen LogP contribution in [0.15, 0.2) is 30.3 Å². The van der Waals surface area contributed by atoms with Crippen LogP contribution >= 0.6 is 0 Å². The SMILES string of the molecule is NOC(F)(C(F)(F)F)C(F)(F)c1ccccc1. The fraction of sp³-hybridized carbons (Fsp3) is 0.333. The van der Waals surface area contributed by atoms with Crippen LogP contribution in [0.1, 0.15) is 5.56 Å². The molecule has 2 N–H and O–H groups in total. The zero-order chi connectivity index (χ0) is 13.3. The van der Waals surface area contributed by atoms with E-state index in [1.54, 1.807) is 0 Å². The van der Waals surface area contributed by atoms with Crippen LogP contribution in [0, 0.1) is 0 Å². The monoisotopic (exact) mass is 259 g/mol. The Morgan fingerprint density at radius 3 is 1.71 bits per heavy atom. The van der Waals surface area contributed by atoms with Crippen molar-refractivity contribution in [1.82, 2.24) is 0 Å². The van der Waals surface area contributed by atoms with Crippen molar-refractivity contribution < 1.29 is 31.2 Å². The molecule has 0 aromatic heterocycles. The highest BCUT2D eigenvalue weighted by molar-refractivity contribution is 5.23. The topological polar surface area (TPSA) is 35.2 Å². The first-order valence-electron chi connectivity index (χ1n) is 4.23. The minimum atomic E-state index is -5.97. The lowest BCUT2D eigenvalue weighted by Crippen LogP contribution is -2.56. The number of hydrogen-bond acceptors (Lipinski definition) is 2. The van der Waals surface area contributed by atoms with Crippen LogP contribution in [-0.2, 0) is 10.8 Å². The van der Waals surface area contributed by atoms with Gasteiger partial charge in [-0.3, -0.25) is 0 Å². The second-order valence-electron chi connectivity index (χ2n) is 3.15.